The van der Waals surface area contributed by atoms with Gasteiger partial charge in [-0.15, -0.1) is 12.3 Å². The highest BCUT2D eigenvalue weighted by Crippen LogP contribution is 2.16. The van der Waals surface area contributed by atoms with Crippen LogP contribution in [-0.4, -0.2) is 5.78 Å². The molecular formula is C11H7F3O. The van der Waals surface area contributed by atoms with E-state index in [0.717, 1.165) is 0 Å². The molecule has 0 bridgehead atoms. The number of rotatable bonds is 3. The minimum absolute atomic E-state index is 0.0924. The summed E-state index contributed by atoms with van der Waals surface area (Å²) >= 11 is 0. The minimum Gasteiger partial charge on any atom is -0.294 e. The molecule has 0 spiro atoms. The van der Waals surface area contributed by atoms with Gasteiger partial charge in [-0.2, -0.15) is 0 Å². The summed E-state index contributed by atoms with van der Waals surface area (Å²) < 4.78 is 38.6. The summed E-state index contributed by atoms with van der Waals surface area (Å²) in [5.41, 5.74) is -0.730. The van der Waals surface area contributed by atoms with Crippen molar-refractivity contribution in [1.82, 2.24) is 0 Å². The molecule has 1 rings (SSSR count). The van der Waals surface area contributed by atoms with Crippen molar-refractivity contribution >= 4 is 5.78 Å². The second-order valence-electron chi connectivity index (χ2n) is 2.87. The molecule has 1 aromatic rings. The maximum Gasteiger partial charge on any atom is 0.169 e. The van der Waals surface area contributed by atoms with Crippen LogP contribution in [0, 0.1) is 29.8 Å². The maximum absolute atomic E-state index is 13.0. The van der Waals surface area contributed by atoms with E-state index in [4.69, 9.17) is 6.42 Å². The zero-order valence-electron chi connectivity index (χ0n) is 7.69. The van der Waals surface area contributed by atoms with Crippen LogP contribution in [0.5, 0.6) is 0 Å². The van der Waals surface area contributed by atoms with E-state index in [2.05, 4.69) is 5.92 Å². The molecular weight excluding hydrogens is 205 g/mol. The Morgan fingerprint density at radius 2 is 1.80 bits per heavy atom. The van der Waals surface area contributed by atoms with Crippen LogP contribution in [0.4, 0.5) is 13.2 Å². The van der Waals surface area contributed by atoms with E-state index in [1.807, 2.05) is 0 Å². The van der Waals surface area contributed by atoms with Gasteiger partial charge < -0.3 is 0 Å². The molecule has 0 aliphatic carbocycles. The highest BCUT2D eigenvalue weighted by molar-refractivity contribution is 5.96. The van der Waals surface area contributed by atoms with Crippen LogP contribution in [-0.2, 0) is 0 Å². The number of carbonyl (C=O) groups excluding carboxylic acids is 1. The fourth-order valence-corrected chi connectivity index (χ4v) is 1.12. The van der Waals surface area contributed by atoms with Crippen molar-refractivity contribution in [2.75, 3.05) is 0 Å². The van der Waals surface area contributed by atoms with E-state index in [0.29, 0.717) is 12.1 Å². The number of halogens is 3. The Morgan fingerprint density at radius 1 is 1.27 bits per heavy atom. The number of hydrogen-bond donors (Lipinski definition) is 0. The summed E-state index contributed by atoms with van der Waals surface area (Å²) in [4.78, 5) is 11.3. The molecule has 0 aliphatic heterocycles. The first-order valence-electron chi connectivity index (χ1n) is 4.17. The summed E-state index contributed by atoms with van der Waals surface area (Å²) in [6.07, 6.45) is 4.84. The van der Waals surface area contributed by atoms with Crippen LogP contribution >= 0.6 is 0 Å². The Balaban J connectivity index is 3.04. The second kappa shape index (κ2) is 4.65. The Hall–Kier alpha value is -1.76. The van der Waals surface area contributed by atoms with Crippen LogP contribution in [0.3, 0.4) is 0 Å². The Morgan fingerprint density at radius 3 is 2.27 bits per heavy atom. The number of hydrogen-bond acceptors (Lipinski definition) is 1. The summed E-state index contributed by atoms with van der Waals surface area (Å²) in [5, 5.41) is 0. The Bertz CT molecular complexity index is 409. The lowest BCUT2D eigenvalue weighted by atomic mass is 10.1. The lowest BCUT2D eigenvalue weighted by Gasteiger charge is -2.02. The third-order valence-electron chi connectivity index (χ3n) is 1.78. The van der Waals surface area contributed by atoms with Gasteiger partial charge in [-0.05, 0) is 0 Å². The van der Waals surface area contributed by atoms with Crippen LogP contribution in [0.1, 0.15) is 23.2 Å². The average molecular weight is 212 g/mol. The first kappa shape index (κ1) is 11.3. The van der Waals surface area contributed by atoms with Crippen LogP contribution < -0.4 is 0 Å². The summed E-state index contributed by atoms with van der Waals surface area (Å²) in [7, 11) is 0. The number of benzene rings is 1. The largest absolute Gasteiger partial charge is 0.294 e. The lowest BCUT2D eigenvalue weighted by Crippen LogP contribution is -2.06. The molecule has 0 saturated heterocycles. The third-order valence-corrected chi connectivity index (χ3v) is 1.78. The molecule has 1 nitrogen and oxygen atoms in total. The molecule has 0 unspecified atom stereocenters. The van der Waals surface area contributed by atoms with Crippen LogP contribution in [0.2, 0.25) is 0 Å². The third kappa shape index (κ3) is 2.59. The molecule has 0 radical (unpaired) electrons. The monoisotopic (exact) mass is 212 g/mol. The van der Waals surface area contributed by atoms with E-state index >= 15 is 0 Å². The van der Waals surface area contributed by atoms with Crippen molar-refractivity contribution in [2.24, 2.45) is 0 Å². The predicted molar refractivity (Wildman–Crippen MR) is 48.7 cm³/mol. The Labute approximate surface area is 84.9 Å². The van der Waals surface area contributed by atoms with Gasteiger partial charge in [0, 0.05) is 25.0 Å². The van der Waals surface area contributed by atoms with Gasteiger partial charge in [-0.1, -0.05) is 0 Å². The zero-order chi connectivity index (χ0) is 11.4. The zero-order valence-corrected chi connectivity index (χ0v) is 7.69. The van der Waals surface area contributed by atoms with Gasteiger partial charge in [0.25, 0.3) is 0 Å². The van der Waals surface area contributed by atoms with Crippen molar-refractivity contribution < 1.29 is 18.0 Å². The molecule has 0 fully saturated rings. The van der Waals surface area contributed by atoms with E-state index in [9.17, 15) is 18.0 Å². The highest BCUT2D eigenvalue weighted by atomic mass is 19.1. The molecule has 78 valence electrons. The van der Waals surface area contributed by atoms with E-state index in [1.54, 1.807) is 0 Å². The van der Waals surface area contributed by atoms with Gasteiger partial charge in [0.1, 0.15) is 17.5 Å². The van der Waals surface area contributed by atoms with Gasteiger partial charge in [0.05, 0.1) is 5.56 Å². The number of carbonyl (C=O) groups is 1. The topological polar surface area (TPSA) is 17.1 Å². The normalized spacial score (nSPS) is 9.73. The number of Topliss-reactive ketones (excluding diaryl/α,β-unsaturated/α-hetero) is 1. The van der Waals surface area contributed by atoms with E-state index in [-0.39, 0.29) is 12.8 Å². The highest BCUT2D eigenvalue weighted by Gasteiger charge is 2.17. The van der Waals surface area contributed by atoms with Crippen molar-refractivity contribution in [3.05, 3.63) is 35.1 Å². The molecule has 0 amide bonds. The van der Waals surface area contributed by atoms with Gasteiger partial charge in [-0.25, -0.2) is 13.2 Å². The van der Waals surface area contributed by atoms with Crippen molar-refractivity contribution in [1.29, 1.82) is 0 Å². The average Bonchev–Trinajstić information content (AvgIpc) is 2.12. The lowest BCUT2D eigenvalue weighted by molar-refractivity contribution is 0.0976. The van der Waals surface area contributed by atoms with Gasteiger partial charge >= 0.3 is 0 Å². The van der Waals surface area contributed by atoms with Crippen LogP contribution in [0.15, 0.2) is 12.1 Å². The summed E-state index contributed by atoms with van der Waals surface area (Å²) in [6, 6.07) is 0.929. The predicted octanol–water partition coefficient (Wildman–Crippen LogP) is 2.70. The number of terminal acetylenes is 1. The Kier molecular flexibility index (Phi) is 3.51. The number of ketones is 1. The van der Waals surface area contributed by atoms with Gasteiger partial charge in [0.15, 0.2) is 5.78 Å². The standard InChI is InChI=1S/C11H7F3O/c1-2-3-4-10(15)11-8(13)5-7(12)6-9(11)14/h1,5-6H,3-4H2. The van der Waals surface area contributed by atoms with Crippen molar-refractivity contribution in [3.63, 3.8) is 0 Å². The summed E-state index contributed by atoms with van der Waals surface area (Å²) in [5.74, 6) is -2.04. The molecule has 4 heteroatoms. The van der Waals surface area contributed by atoms with E-state index in [1.165, 1.54) is 0 Å². The molecule has 0 N–H and O–H groups in total. The fraction of sp³-hybridized carbons (Fsp3) is 0.182. The molecule has 0 saturated carbocycles. The maximum atomic E-state index is 13.0. The van der Waals surface area contributed by atoms with Crippen molar-refractivity contribution in [3.8, 4) is 12.3 Å². The first-order chi connectivity index (χ1) is 7.06. The minimum atomic E-state index is -1.20. The fourth-order valence-electron chi connectivity index (χ4n) is 1.12. The first-order valence-corrected chi connectivity index (χ1v) is 4.17. The van der Waals surface area contributed by atoms with Gasteiger partial charge in [0.2, 0.25) is 0 Å². The quantitative estimate of drug-likeness (QED) is 0.556. The molecule has 1 aromatic carbocycles. The molecule has 0 atom stereocenters. The molecule has 0 aromatic heterocycles. The summed E-state index contributed by atoms with van der Waals surface area (Å²) in [6.45, 7) is 0. The van der Waals surface area contributed by atoms with E-state index < -0.39 is 28.8 Å². The van der Waals surface area contributed by atoms with Crippen molar-refractivity contribution in [2.45, 2.75) is 12.8 Å². The molecule has 0 heterocycles. The molecule has 15 heavy (non-hydrogen) atoms. The smallest absolute Gasteiger partial charge is 0.169 e. The SMILES string of the molecule is C#CCCC(=O)c1c(F)cc(F)cc1F. The molecule has 0 aliphatic rings. The van der Waals surface area contributed by atoms with Gasteiger partial charge in [-0.3, -0.25) is 4.79 Å². The van der Waals surface area contributed by atoms with Crippen LogP contribution in [0.25, 0.3) is 0 Å². The second-order valence-corrected chi connectivity index (χ2v) is 2.87.